The van der Waals surface area contributed by atoms with Gasteiger partial charge >= 0.3 is 6.18 Å². The topological polar surface area (TPSA) is 29.1 Å². The van der Waals surface area contributed by atoms with Gasteiger partial charge in [0.25, 0.3) is 0 Å². The van der Waals surface area contributed by atoms with Crippen molar-refractivity contribution in [2.24, 2.45) is 0 Å². The largest absolute Gasteiger partial charge is 0.389 e. The van der Waals surface area contributed by atoms with Crippen LogP contribution in [0.2, 0.25) is 0 Å². The molecule has 0 aromatic heterocycles. The van der Waals surface area contributed by atoms with Crippen molar-refractivity contribution >= 4 is 5.78 Å². The summed E-state index contributed by atoms with van der Waals surface area (Å²) in [4.78, 5) is 11.6. The van der Waals surface area contributed by atoms with Gasteiger partial charge in [-0.1, -0.05) is 19.3 Å². The van der Waals surface area contributed by atoms with Crippen LogP contribution in [0.25, 0.3) is 0 Å². The van der Waals surface area contributed by atoms with Gasteiger partial charge in [0.2, 0.25) is 0 Å². The van der Waals surface area contributed by atoms with Crippen LogP contribution in [-0.2, 0) is 4.79 Å². The molecule has 0 amide bonds. The molecular formula is C12H20F3NO. The molecule has 0 atom stereocenters. The van der Waals surface area contributed by atoms with E-state index in [1.807, 2.05) is 0 Å². The van der Waals surface area contributed by atoms with E-state index < -0.39 is 12.6 Å². The minimum atomic E-state index is -4.23. The van der Waals surface area contributed by atoms with Crippen LogP contribution in [0.15, 0.2) is 0 Å². The Labute approximate surface area is 100.0 Å². The fourth-order valence-corrected chi connectivity index (χ4v) is 2.49. The highest BCUT2D eigenvalue weighted by atomic mass is 19.4. The summed E-state index contributed by atoms with van der Waals surface area (Å²) in [6, 6.07) is 0. The van der Waals surface area contributed by atoms with Gasteiger partial charge in [0.05, 0.1) is 6.42 Å². The lowest BCUT2D eigenvalue weighted by atomic mass is 9.78. The Morgan fingerprint density at radius 3 is 2.29 bits per heavy atom. The van der Waals surface area contributed by atoms with Crippen LogP contribution in [0.4, 0.5) is 13.2 Å². The Bertz CT molecular complexity index is 257. The molecule has 100 valence electrons. The smallest absolute Gasteiger partial charge is 0.314 e. The monoisotopic (exact) mass is 251 g/mol. The van der Waals surface area contributed by atoms with Crippen LogP contribution in [-0.4, -0.2) is 24.5 Å². The molecule has 5 heteroatoms. The summed E-state index contributed by atoms with van der Waals surface area (Å²) in [5, 5.41) is 3.14. The molecule has 0 radical (unpaired) electrons. The Kier molecular flexibility index (Phi) is 4.98. The van der Waals surface area contributed by atoms with E-state index in [1.54, 1.807) is 7.05 Å². The standard InChI is InChI=1S/C12H20F3NO/c1-16-11(6-3-2-4-7-11)9-10(17)5-8-12(13,14)15/h16H,2-9H2,1H3. The van der Waals surface area contributed by atoms with Gasteiger partial charge in [0, 0.05) is 18.4 Å². The van der Waals surface area contributed by atoms with E-state index in [2.05, 4.69) is 5.32 Å². The summed E-state index contributed by atoms with van der Waals surface area (Å²) in [7, 11) is 1.79. The zero-order chi connectivity index (χ0) is 12.9. The quantitative estimate of drug-likeness (QED) is 0.813. The number of carbonyl (C=O) groups is 1. The van der Waals surface area contributed by atoms with E-state index in [-0.39, 0.29) is 24.2 Å². The number of rotatable bonds is 5. The first-order valence-electron chi connectivity index (χ1n) is 6.14. The molecule has 2 nitrogen and oxygen atoms in total. The lowest BCUT2D eigenvalue weighted by Gasteiger charge is -2.36. The third kappa shape index (κ3) is 5.06. The molecule has 0 saturated heterocycles. The molecule has 1 aliphatic carbocycles. The summed E-state index contributed by atoms with van der Waals surface area (Å²) in [5.41, 5.74) is -0.249. The van der Waals surface area contributed by atoms with Crippen molar-refractivity contribution < 1.29 is 18.0 Å². The number of Topliss-reactive ketones (excluding diaryl/α,β-unsaturated/α-hetero) is 1. The highest BCUT2D eigenvalue weighted by Gasteiger charge is 2.34. The van der Waals surface area contributed by atoms with Crippen LogP contribution in [0, 0.1) is 0 Å². The zero-order valence-electron chi connectivity index (χ0n) is 10.2. The second-order valence-corrected chi connectivity index (χ2v) is 4.92. The van der Waals surface area contributed by atoms with E-state index in [4.69, 9.17) is 0 Å². The first kappa shape index (κ1) is 14.5. The van der Waals surface area contributed by atoms with E-state index in [0.29, 0.717) is 0 Å². The SMILES string of the molecule is CNC1(CC(=O)CCC(F)(F)F)CCCCC1. The number of alkyl halides is 3. The predicted molar refractivity (Wildman–Crippen MR) is 59.8 cm³/mol. The van der Waals surface area contributed by atoms with Crippen LogP contribution < -0.4 is 5.32 Å². The van der Waals surface area contributed by atoms with Crippen molar-refractivity contribution in [2.45, 2.75) is 63.1 Å². The predicted octanol–water partition coefficient (Wildman–Crippen LogP) is 3.21. The summed E-state index contributed by atoms with van der Waals surface area (Å²) >= 11 is 0. The Morgan fingerprint density at radius 2 is 1.82 bits per heavy atom. The van der Waals surface area contributed by atoms with Gasteiger partial charge in [-0.15, -0.1) is 0 Å². The van der Waals surface area contributed by atoms with Crippen molar-refractivity contribution in [3.63, 3.8) is 0 Å². The summed E-state index contributed by atoms with van der Waals surface area (Å²) in [6.45, 7) is 0. The van der Waals surface area contributed by atoms with E-state index in [9.17, 15) is 18.0 Å². The number of ketones is 1. The molecule has 0 bridgehead atoms. The van der Waals surface area contributed by atoms with E-state index >= 15 is 0 Å². The number of hydrogen-bond acceptors (Lipinski definition) is 2. The van der Waals surface area contributed by atoms with Gasteiger partial charge < -0.3 is 5.32 Å². The Hall–Kier alpha value is -0.580. The second-order valence-electron chi connectivity index (χ2n) is 4.92. The summed E-state index contributed by atoms with van der Waals surface area (Å²) in [6.07, 6.45) is -0.337. The molecule has 0 aromatic rings. The maximum Gasteiger partial charge on any atom is 0.389 e. The Balaban J connectivity index is 2.42. The zero-order valence-corrected chi connectivity index (χ0v) is 10.2. The normalized spacial score (nSPS) is 20.2. The minimum Gasteiger partial charge on any atom is -0.314 e. The number of hydrogen-bond donors (Lipinski definition) is 1. The molecular weight excluding hydrogens is 231 g/mol. The first-order valence-corrected chi connectivity index (χ1v) is 6.14. The maximum atomic E-state index is 12.0. The molecule has 17 heavy (non-hydrogen) atoms. The van der Waals surface area contributed by atoms with Crippen molar-refractivity contribution in [3.8, 4) is 0 Å². The number of nitrogens with one attached hydrogen (secondary N) is 1. The first-order chi connectivity index (χ1) is 7.87. The fraction of sp³-hybridized carbons (Fsp3) is 0.917. The molecule has 0 aromatic carbocycles. The lowest BCUT2D eigenvalue weighted by molar-refractivity contribution is -0.144. The molecule has 1 aliphatic rings. The number of carbonyl (C=O) groups excluding carboxylic acids is 1. The maximum absolute atomic E-state index is 12.0. The van der Waals surface area contributed by atoms with Gasteiger partial charge in [0.1, 0.15) is 5.78 Å². The van der Waals surface area contributed by atoms with E-state index in [0.717, 1.165) is 32.1 Å². The van der Waals surface area contributed by atoms with Crippen LogP contribution >= 0.6 is 0 Å². The average Bonchev–Trinajstić information content (AvgIpc) is 2.27. The highest BCUT2D eigenvalue weighted by molar-refractivity contribution is 5.79. The minimum absolute atomic E-state index is 0.236. The molecule has 1 rings (SSSR count). The molecule has 1 saturated carbocycles. The molecule has 0 aliphatic heterocycles. The molecule has 1 N–H and O–H groups in total. The summed E-state index contributed by atoms with van der Waals surface area (Å²) in [5.74, 6) is -0.279. The molecule has 0 heterocycles. The van der Waals surface area contributed by atoms with Gasteiger partial charge in [-0.2, -0.15) is 13.2 Å². The van der Waals surface area contributed by atoms with Gasteiger partial charge in [-0.3, -0.25) is 4.79 Å². The van der Waals surface area contributed by atoms with Crippen LogP contribution in [0.3, 0.4) is 0 Å². The third-order valence-electron chi connectivity index (χ3n) is 3.56. The summed E-state index contributed by atoms with van der Waals surface area (Å²) < 4.78 is 36.0. The van der Waals surface area contributed by atoms with Crippen molar-refractivity contribution in [1.29, 1.82) is 0 Å². The molecule has 1 fully saturated rings. The molecule has 0 spiro atoms. The van der Waals surface area contributed by atoms with Crippen LogP contribution in [0.5, 0.6) is 0 Å². The Morgan fingerprint density at radius 1 is 1.24 bits per heavy atom. The van der Waals surface area contributed by atoms with Gasteiger partial charge in [-0.25, -0.2) is 0 Å². The fourth-order valence-electron chi connectivity index (χ4n) is 2.49. The lowest BCUT2D eigenvalue weighted by Crippen LogP contribution is -2.46. The van der Waals surface area contributed by atoms with E-state index in [1.165, 1.54) is 0 Å². The highest BCUT2D eigenvalue weighted by Crippen LogP contribution is 2.32. The van der Waals surface area contributed by atoms with Crippen LogP contribution in [0.1, 0.15) is 51.4 Å². The third-order valence-corrected chi connectivity index (χ3v) is 3.56. The van der Waals surface area contributed by atoms with Crippen molar-refractivity contribution in [3.05, 3.63) is 0 Å². The molecule has 0 unspecified atom stereocenters. The average molecular weight is 251 g/mol. The van der Waals surface area contributed by atoms with Gasteiger partial charge in [0.15, 0.2) is 0 Å². The number of halogens is 3. The van der Waals surface area contributed by atoms with Gasteiger partial charge in [-0.05, 0) is 19.9 Å². The second kappa shape index (κ2) is 5.85. The van der Waals surface area contributed by atoms with Crippen molar-refractivity contribution in [1.82, 2.24) is 5.32 Å². The van der Waals surface area contributed by atoms with Crippen molar-refractivity contribution in [2.75, 3.05) is 7.05 Å².